The fraction of sp³-hybridized carbons (Fsp3) is 0.688. The maximum Gasteiger partial charge on any atom is 0.213 e. The smallest absolute Gasteiger partial charge is 0.213 e. The average Bonchev–Trinajstić information content (AvgIpc) is 2.49. The molecule has 112 valence electrons. The highest BCUT2D eigenvalue weighted by Gasteiger charge is 2.14. The molecule has 1 N–H and O–H groups in total. The van der Waals surface area contributed by atoms with E-state index >= 15 is 0 Å². The molecular formula is C16H25ClN2O. The van der Waals surface area contributed by atoms with Crippen LogP contribution in [0.25, 0.3) is 0 Å². The van der Waals surface area contributed by atoms with Gasteiger partial charge in [0, 0.05) is 18.8 Å². The van der Waals surface area contributed by atoms with Crippen molar-refractivity contribution in [2.45, 2.75) is 52.0 Å². The summed E-state index contributed by atoms with van der Waals surface area (Å²) in [6.07, 6.45) is 9.46. The predicted molar refractivity (Wildman–Crippen MR) is 83.3 cm³/mol. The van der Waals surface area contributed by atoms with Crippen molar-refractivity contribution in [2.24, 2.45) is 5.92 Å². The van der Waals surface area contributed by atoms with Gasteiger partial charge in [0.1, 0.15) is 0 Å². The van der Waals surface area contributed by atoms with Gasteiger partial charge in [-0.25, -0.2) is 4.98 Å². The fourth-order valence-corrected chi connectivity index (χ4v) is 2.80. The molecule has 3 nitrogen and oxygen atoms in total. The summed E-state index contributed by atoms with van der Waals surface area (Å²) in [7, 11) is 0. The topological polar surface area (TPSA) is 34.1 Å². The van der Waals surface area contributed by atoms with Crippen LogP contribution in [0.1, 0.15) is 51.0 Å². The van der Waals surface area contributed by atoms with Crippen LogP contribution in [-0.2, 0) is 6.54 Å². The van der Waals surface area contributed by atoms with Crippen LogP contribution in [0.2, 0.25) is 5.02 Å². The highest BCUT2D eigenvalue weighted by atomic mass is 35.5. The molecule has 0 aliphatic heterocycles. The molecule has 1 aliphatic rings. The van der Waals surface area contributed by atoms with Gasteiger partial charge < -0.3 is 10.1 Å². The lowest BCUT2D eigenvalue weighted by molar-refractivity contribution is 0.202. The van der Waals surface area contributed by atoms with Crippen molar-refractivity contribution in [1.29, 1.82) is 0 Å². The van der Waals surface area contributed by atoms with Gasteiger partial charge in [-0.2, -0.15) is 0 Å². The molecule has 0 bridgehead atoms. The van der Waals surface area contributed by atoms with Gasteiger partial charge in [0.2, 0.25) is 5.88 Å². The van der Waals surface area contributed by atoms with Crippen LogP contribution in [0.15, 0.2) is 12.3 Å². The number of halogens is 1. The molecule has 1 aromatic heterocycles. The van der Waals surface area contributed by atoms with E-state index in [1.54, 1.807) is 6.20 Å². The van der Waals surface area contributed by atoms with Gasteiger partial charge in [0.05, 0.1) is 11.6 Å². The molecule has 4 heteroatoms. The molecule has 0 unspecified atom stereocenters. The molecule has 1 aromatic rings. The first kappa shape index (κ1) is 15.6. The molecule has 1 saturated carbocycles. The first-order valence-corrected chi connectivity index (χ1v) is 8.15. The summed E-state index contributed by atoms with van der Waals surface area (Å²) in [5, 5.41) is 4.06. The largest absolute Gasteiger partial charge is 0.477 e. The summed E-state index contributed by atoms with van der Waals surface area (Å²) in [5.74, 6) is 1.40. The predicted octanol–water partition coefficient (Wildman–Crippen LogP) is 4.19. The van der Waals surface area contributed by atoms with Crippen LogP contribution < -0.4 is 10.1 Å². The van der Waals surface area contributed by atoms with Gasteiger partial charge in [-0.15, -0.1) is 0 Å². The first-order valence-electron chi connectivity index (χ1n) is 7.77. The molecule has 0 spiro atoms. The lowest BCUT2D eigenvalue weighted by atomic mass is 9.90. The Morgan fingerprint density at radius 2 is 2.15 bits per heavy atom. The zero-order chi connectivity index (χ0) is 14.2. The van der Waals surface area contributed by atoms with Crippen LogP contribution in [0, 0.1) is 5.92 Å². The Hall–Kier alpha value is -0.800. The van der Waals surface area contributed by atoms with E-state index in [1.165, 1.54) is 32.1 Å². The van der Waals surface area contributed by atoms with E-state index < -0.39 is 0 Å². The van der Waals surface area contributed by atoms with E-state index in [2.05, 4.69) is 17.2 Å². The number of rotatable bonds is 7. The molecular weight excluding hydrogens is 272 g/mol. The minimum Gasteiger partial charge on any atom is -0.477 e. The van der Waals surface area contributed by atoms with Crippen molar-refractivity contribution >= 4 is 11.6 Å². The number of hydrogen-bond acceptors (Lipinski definition) is 3. The number of hydrogen-bond donors (Lipinski definition) is 1. The average molecular weight is 297 g/mol. The summed E-state index contributed by atoms with van der Waals surface area (Å²) >= 11 is 6.17. The quantitative estimate of drug-likeness (QED) is 0.766. The third-order valence-corrected chi connectivity index (χ3v) is 4.18. The minimum absolute atomic E-state index is 0.697. The second-order valence-corrected chi connectivity index (χ2v) is 6.01. The third-order valence-electron chi connectivity index (χ3n) is 3.84. The summed E-state index contributed by atoms with van der Waals surface area (Å²) < 4.78 is 5.85. The lowest BCUT2D eigenvalue weighted by Gasteiger charge is -2.21. The number of nitrogens with zero attached hydrogens (tertiary/aromatic N) is 1. The summed E-state index contributed by atoms with van der Waals surface area (Å²) in [6, 6.07) is 1.97. The van der Waals surface area contributed by atoms with E-state index in [0.717, 1.165) is 31.7 Å². The van der Waals surface area contributed by atoms with Crippen molar-refractivity contribution in [3.05, 3.63) is 22.8 Å². The normalized spacial score (nSPS) is 16.3. The van der Waals surface area contributed by atoms with Crippen LogP contribution >= 0.6 is 11.6 Å². The van der Waals surface area contributed by atoms with Crippen molar-refractivity contribution in [3.8, 4) is 5.88 Å². The zero-order valence-electron chi connectivity index (χ0n) is 12.3. The van der Waals surface area contributed by atoms with Crippen molar-refractivity contribution in [2.75, 3.05) is 13.2 Å². The van der Waals surface area contributed by atoms with E-state index in [4.69, 9.17) is 16.3 Å². The SMILES string of the molecule is CCCNCc1cc(OCC2CCCCC2)ncc1Cl. The van der Waals surface area contributed by atoms with Gasteiger partial charge in [-0.1, -0.05) is 37.8 Å². The standard InChI is InChI=1S/C16H25ClN2O/c1-2-8-18-10-14-9-16(19-11-15(14)17)20-12-13-6-4-3-5-7-13/h9,11,13,18H,2-8,10,12H2,1H3. The summed E-state index contributed by atoms with van der Waals surface area (Å²) in [5.41, 5.74) is 1.06. The molecule has 1 heterocycles. The fourth-order valence-electron chi connectivity index (χ4n) is 2.63. The summed E-state index contributed by atoms with van der Waals surface area (Å²) in [4.78, 5) is 4.27. The van der Waals surface area contributed by atoms with Gasteiger partial charge in [-0.3, -0.25) is 0 Å². The molecule has 1 fully saturated rings. The maximum absolute atomic E-state index is 6.17. The number of aromatic nitrogens is 1. The van der Waals surface area contributed by atoms with Crippen molar-refractivity contribution in [1.82, 2.24) is 10.3 Å². The number of pyridine rings is 1. The molecule has 1 aliphatic carbocycles. The highest BCUT2D eigenvalue weighted by Crippen LogP contribution is 2.25. The van der Waals surface area contributed by atoms with Gasteiger partial charge >= 0.3 is 0 Å². The van der Waals surface area contributed by atoms with Gasteiger partial charge in [0.15, 0.2) is 0 Å². The van der Waals surface area contributed by atoms with Crippen LogP contribution in [0.3, 0.4) is 0 Å². The third kappa shape index (κ3) is 4.95. The molecule has 0 radical (unpaired) electrons. The summed E-state index contributed by atoms with van der Waals surface area (Å²) in [6.45, 7) is 4.71. The Labute approximate surface area is 127 Å². The number of ether oxygens (including phenoxy) is 1. The molecule has 0 atom stereocenters. The first-order chi connectivity index (χ1) is 9.79. The molecule has 0 aromatic carbocycles. The molecule has 20 heavy (non-hydrogen) atoms. The van der Waals surface area contributed by atoms with E-state index in [9.17, 15) is 0 Å². The van der Waals surface area contributed by atoms with Crippen LogP contribution in [-0.4, -0.2) is 18.1 Å². The van der Waals surface area contributed by atoms with Crippen molar-refractivity contribution < 1.29 is 4.74 Å². The van der Waals surface area contributed by atoms with Crippen LogP contribution in [0.4, 0.5) is 0 Å². The second kappa shape index (κ2) is 8.48. The van der Waals surface area contributed by atoms with Gasteiger partial charge in [0.25, 0.3) is 0 Å². The Bertz CT molecular complexity index is 405. The molecule has 0 saturated heterocycles. The van der Waals surface area contributed by atoms with E-state index in [0.29, 0.717) is 16.8 Å². The monoisotopic (exact) mass is 296 g/mol. The minimum atomic E-state index is 0.697. The molecule has 2 rings (SSSR count). The highest BCUT2D eigenvalue weighted by molar-refractivity contribution is 6.31. The van der Waals surface area contributed by atoms with Crippen molar-refractivity contribution in [3.63, 3.8) is 0 Å². The second-order valence-electron chi connectivity index (χ2n) is 5.61. The van der Waals surface area contributed by atoms with Gasteiger partial charge in [-0.05, 0) is 37.3 Å². The maximum atomic E-state index is 6.17. The lowest BCUT2D eigenvalue weighted by Crippen LogP contribution is -2.16. The Morgan fingerprint density at radius 1 is 1.35 bits per heavy atom. The number of nitrogens with one attached hydrogen (secondary N) is 1. The van der Waals surface area contributed by atoms with E-state index in [-0.39, 0.29) is 0 Å². The molecule has 0 amide bonds. The zero-order valence-corrected chi connectivity index (χ0v) is 13.1. The Kier molecular flexibility index (Phi) is 6.61. The Morgan fingerprint density at radius 3 is 2.90 bits per heavy atom. The van der Waals surface area contributed by atoms with E-state index in [1.807, 2.05) is 6.07 Å². The van der Waals surface area contributed by atoms with Crippen LogP contribution in [0.5, 0.6) is 5.88 Å². The Balaban J connectivity index is 1.85.